The highest BCUT2D eigenvalue weighted by molar-refractivity contribution is 7.91. The summed E-state index contributed by atoms with van der Waals surface area (Å²) in [5.41, 5.74) is 0. The minimum absolute atomic E-state index is 0.0384. The third kappa shape index (κ3) is 1.71. The molecule has 0 aromatic heterocycles. The fourth-order valence-corrected chi connectivity index (χ4v) is 2.47. The van der Waals surface area contributed by atoms with E-state index in [1.807, 2.05) is 0 Å². The van der Waals surface area contributed by atoms with E-state index in [0.717, 1.165) is 0 Å². The number of sulfone groups is 1. The fourth-order valence-electron chi connectivity index (χ4n) is 1.01. The molecular formula is C6H9NO2S. The Balaban J connectivity index is 2.56. The van der Waals surface area contributed by atoms with Crippen LogP contribution in [0.1, 0.15) is 12.8 Å². The quantitative estimate of drug-likeness (QED) is 0.482. The molecule has 0 atom stereocenters. The van der Waals surface area contributed by atoms with Crippen LogP contribution in [0.25, 0.3) is 4.85 Å². The van der Waals surface area contributed by atoms with Crippen molar-refractivity contribution in [3.05, 3.63) is 11.4 Å². The van der Waals surface area contributed by atoms with Gasteiger partial charge in [-0.3, -0.25) is 0 Å². The molecule has 0 bridgehead atoms. The average Bonchev–Trinajstić information content (AvgIpc) is 1.88. The van der Waals surface area contributed by atoms with Crippen LogP contribution in [0, 0.1) is 6.57 Å². The molecule has 0 N–H and O–H groups in total. The summed E-state index contributed by atoms with van der Waals surface area (Å²) < 4.78 is 21.6. The van der Waals surface area contributed by atoms with Gasteiger partial charge in [0.2, 0.25) is 6.04 Å². The molecule has 0 amide bonds. The zero-order valence-electron chi connectivity index (χ0n) is 5.58. The highest BCUT2D eigenvalue weighted by atomic mass is 32.2. The predicted molar refractivity (Wildman–Crippen MR) is 38.3 cm³/mol. The zero-order chi connectivity index (χ0) is 7.61. The van der Waals surface area contributed by atoms with Crippen molar-refractivity contribution in [2.24, 2.45) is 0 Å². The van der Waals surface area contributed by atoms with Gasteiger partial charge in [-0.05, 0) is 0 Å². The van der Waals surface area contributed by atoms with E-state index < -0.39 is 9.84 Å². The van der Waals surface area contributed by atoms with Gasteiger partial charge in [0.25, 0.3) is 0 Å². The Labute approximate surface area is 60.8 Å². The van der Waals surface area contributed by atoms with Crippen LogP contribution in [0.2, 0.25) is 0 Å². The molecule has 0 aliphatic carbocycles. The number of nitrogens with zero attached hydrogens (tertiary/aromatic N) is 1. The summed E-state index contributed by atoms with van der Waals surface area (Å²) in [6.45, 7) is 6.66. The maximum absolute atomic E-state index is 10.8. The molecule has 0 aromatic rings. The topological polar surface area (TPSA) is 38.5 Å². The molecule has 0 unspecified atom stereocenters. The van der Waals surface area contributed by atoms with Crippen molar-refractivity contribution in [1.29, 1.82) is 0 Å². The first-order valence-electron chi connectivity index (χ1n) is 3.21. The SMILES string of the molecule is [C-]#[N+]C1CCS(=O)(=O)CC1. The Morgan fingerprint density at radius 2 is 1.80 bits per heavy atom. The lowest BCUT2D eigenvalue weighted by Crippen LogP contribution is -2.24. The third-order valence-corrected chi connectivity index (χ3v) is 3.42. The molecule has 1 aliphatic rings. The maximum atomic E-state index is 10.8. The van der Waals surface area contributed by atoms with Gasteiger partial charge in [-0.1, -0.05) is 0 Å². The Morgan fingerprint density at radius 3 is 2.20 bits per heavy atom. The van der Waals surface area contributed by atoms with Crippen LogP contribution in [0.3, 0.4) is 0 Å². The molecule has 0 radical (unpaired) electrons. The molecule has 10 heavy (non-hydrogen) atoms. The Kier molecular flexibility index (Phi) is 1.95. The lowest BCUT2D eigenvalue weighted by molar-refractivity contribution is 0.567. The van der Waals surface area contributed by atoms with Gasteiger partial charge < -0.3 is 4.85 Å². The van der Waals surface area contributed by atoms with Crippen molar-refractivity contribution >= 4 is 9.84 Å². The average molecular weight is 159 g/mol. The molecule has 0 aromatic carbocycles. The molecule has 0 spiro atoms. The maximum Gasteiger partial charge on any atom is 0.225 e. The molecule has 0 saturated carbocycles. The van der Waals surface area contributed by atoms with Crippen LogP contribution in [0.15, 0.2) is 0 Å². The Bertz CT molecular complexity index is 235. The van der Waals surface area contributed by atoms with Gasteiger partial charge in [0.15, 0.2) is 9.84 Å². The van der Waals surface area contributed by atoms with Crippen LogP contribution in [-0.4, -0.2) is 26.0 Å². The zero-order valence-corrected chi connectivity index (χ0v) is 6.39. The molecule has 3 nitrogen and oxygen atoms in total. The fraction of sp³-hybridized carbons (Fsp3) is 0.833. The molecule has 1 heterocycles. The Hall–Kier alpha value is -0.560. The highest BCUT2D eigenvalue weighted by Gasteiger charge is 2.26. The monoisotopic (exact) mass is 159 g/mol. The second kappa shape index (κ2) is 2.59. The number of rotatable bonds is 0. The van der Waals surface area contributed by atoms with Crippen LogP contribution < -0.4 is 0 Å². The second-order valence-electron chi connectivity index (χ2n) is 2.51. The largest absolute Gasteiger partial charge is 0.314 e. The van der Waals surface area contributed by atoms with E-state index in [1.54, 1.807) is 0 Å². The lowest BCUT2D eigenvalue weighted by Gasteiger charge is -2.11. The van der Waals surface area contributed by atoms with Crippen molar-refractivity contribution in [1.82, 2.24) is 0 Å². The Morgan fingerprint density at radius 1 is 1.30 bits per heavy atom. The molecule has 56 valence electrons. The van der Waals surface area contributed by atoms with Crippen LogP contribution in [0.4, 0.5) is 0 Å². The summed E-state index contributed by atoms with van der Waals surface area (Å²) >= 11 is 0. The van der Waals surface area contributed by atoms with Crippen LogP contribution >= 0.6 is 0 Å². The normalized spacial score (nSPS) is 25.5. The van der Waals surface area contributed by atoms with Crippen molar-refractivity contribution < 1.29 is 8.42 Å². The van der Waals surface area contributed by atoms with Crippen molar-refractivity contribution in [3.63, 3.8) is 0 Å². The van der Waals surface area contributed by atoms with Crippen LogP contribution in [0.5, 0.6) is 0 Å². The van der Waals surface area contributed by atoms with E-state index in [4.69, 9.17) is 6.57 Å². The lowest BCUT2D eigenvalue weighted by atomic mass is 10.2. The summed E-state index contributed by atoms with van der Waals surface area (Å²) in [6, 6.07) is -0.0384. The van der Waals surface area contributed by atoms with Gasteiger partial charge in [-0.2, -0.15) is 0 Å². The van der Waals surface area contributed by atoms with Crippen molar-refractivity contribution in [3.8, 4) is 0 Å². The van der Waals surface area contributed by atoms with Gasteiger partial charge in [0, 0.05) is 12.8 Å². The third-order valence-electron chi connectivity index (χ3n) is 1.71. The van der Waals surface area contributed by atoms with Crippen molar-refractivity contribution in [2.75, 3.05) is 11.5 Å². The van der Waals surface area contributed by atoms with Gasteiger partial charge >= 0.3 is 0 Å². The van der Waals surface area contributed by atoms with Gasteiger partial charge in [0.1, 0.15) is 0 Å². The van der Waals surface area contributed by atoms with E-state index in [2.05, 4.69) is 4.85 Å². The van der Waals surface area contributed by atoms with E-state index in [1.165, 1.54) is 0 Å². The van der Waals surface area contributed by atoms with E-state index in [0.29, 0.717) is 12.8 Å². The molecule has 1 saturated heterocycles. The minimum Gasteiger partial charge on any atom is -0.314 e. The smallest absolute Gasteiger partial charge is 0.225 e. The first kappa shape index (κ1) is 7.55. The van der Waals surface area contributed by atoms with Gasteiger partial charge in [0.05, 0.1) is 11.5 Å². The first-order chi connectivity index (χ1) is 4.64. The molecule has 1 fully saturated rings. The van der Waals surface area contributed by atoms with Crippen molar-refractivity contribution in [2.45, 2.75) is 18.9 Å². The first-order valence-corrected chi connectivity index (χ1v) is 5.03. The molecule has 1 rings (SSSR count). The summed E-state index contributed by atoms with van der Waals surface area (Å²) in [5.74, 6) is 0.417. The summed E-state index contributed by atoms with van der Waals surface area (Å²) in [7, 11) is -2.77. The van der Waals surface area contributed by atoms with Crippen LogP contribution in [-0.2, 0) is 9.84 Å². The minimum atomic E-state index is -2.77. The highest BCUT2D eigenvalue weighted by Crippen LogP contribution is 2.14. The second-order valence-corrected chi connectivity index (χ2v) is 4.82. The summed E-state index contributed by atoms with van der Waals surface area (Å²) in [5, 5.41) is 0. The molecular weight excluding hydrogens is 150 g/mol. The number of hydrogen-bond acceptors (Lipinski definition) is 2. The molecule has 1 aliphatic heterocycles. The van der Waals surface area contributed by atoms with Gasteiger partial charge in [-0.15, -0.1) is 0 Å². The number of hydrogen-bond donors (Lipinski definition) is 0. The summed E-state index contributed by atoms with van der Waals surface area (Å²) in [6.07, 6.45) is 1.07. The summed E-state index contributed by atoms with van der Waals surface area (Å²) in [4.78, 5) is 3.30. The van der Waals surface area contributed by atoms with E-state index >= 15 is 0 Å². The van der Waals surface area contributed by atoms with E-state index in [9.17, 15) is 8.42 Å². The molecule has 4 heteroatoms. The van der Waals surface area contributed by atoms with Gasteiger partial charge in [-0.25, -0.2) is 15.0 Å². The predicted octanol–water partition coefficient (Wildman–Crippen LogP) is 0.483. The standard InChI is InChI=1S/C6H9NO2S/c1-7-6-2-4-10(8,9)5-3-6/h6H,2-5H2. The van der Waals surface area contributed by atoms with E-state index in [-0.39, 0.29) is 17.5 Å².